The van der Waals surface area contributed by atoms with E-state index in [0.29, 0.717) is 5.41 Å². The number of likely N-dealkylation sites (tertiary alicyclic amines) is 1. The molecule has 0 amide bonds. The summed E-state index contributed by atoms with van der Waals surface area (Å²) < 4.78 is 0. The second-order valence-electron chi connectivity index (χ2n) is 4.77. The molecule has 13 heavy (non-hydrogen) atoms. The van der Waals surface area contributed by atoms with Crippen LogP contribution >= 0.6 is 0 Å². The van der Waals surface area contributed by atoms with Crippen LogP contribution in [-0.2, 0) is 0 Å². The van der Waals surface area contributed by atoms with Crippen molar-refractivity contribution in [3.05, 3.63) is 11.6 Å². The Balaban J connectivity index is 2.08. The lowest BCUT2D eigenvalue weighted by molar-refractivity contribution is 0.116. The first kappa shape index (κ1) is 9.22. The van der Waals surface area contributed by atoms with Crippen LogP contribution in [0, 0.1) is 5.41 Å². The molecule has 1 unspecified atom stereocenters. The largest absolute Gasteiger partial charge is 0.389 e. The van der Waals surface area contributed by atoms with E-state index in [2.05, 4.69) is 24.9 Å². The van der Waals surface area contributed by atoms with E-state index in [1.165, 1.54) is 31.5 Å². The summed E-state index contributed by atoms with van der Waals surface area (Å²) in [4.78, 5) is 2.37. The molecule has 1 aliphatic heterocycles. The van der Waals surface area contributed by atoms with Crippen LogP contribution < -0.4 is 0 Å². The van der Waals surface area contributed by atoms with Gasteiger partial charge in [0.25, 0.3) is 0 Å². The van der Waals surface area contributed by atoms with Gasteiger partial charge in [0.15, 0.2) is 0 Å². The average molecular weight is 181 g/mol. The summed E-state index contributed by atoms with van der Waals surface area (Å²) >= 11 is 0. The van der Waals surface area contributed by atoms with E-state index in [1.807, 2.05) is 0 Å². The fourth-order valence-corrected chi connectivity index (χ4v) is 2.60. The lowest BCUT2D eigenvalue weighted by Gasteiger charge is -2.36. The maximum absolute atomic E-state index is 9.70. The normalized spacial score (nSPS) is 33.8. The highest BCUT2D eigenvalue weighted by Crippen LogP contribution is 2.43. The first-order valence-electron chi connectivity index (χ1n) is 5.17. The maximum atomic E-state index is 9.70. The molecule has 0 aromatic carbocycles. The van der Waals surface area contributed by atoms with Gasteiger partial charge in [-0.2, -0.15) is 0 Å². The Kier molecular flexibility index (Phi) is 2.20. The zero-order valence-corrected chi connectivity index (χ0v) is 8.58. The predicted molar refractivity (Wildman–Crippen MR) is 53.5 cm³/mol. The molecule has 2 heteroatoms. The van der Waals surface area contributed by atoms with Crippen molar-refractivity contribution in [2.75, 3.05) is 20.1 Å². The Labute approximate surface area is 80.2 Å². The van der Waals surface area contributed by atoms with E-state index in [-0.39, 0.29) is 6.10 Å². The summed E-state index contributed by atoms with van der Waals surface area (Å²) in [6, 6.07) is 0. The van der Waals surface area contributed by atoms with Crippen molar-refractivity contribution in [2.24, 2.45) is 5.41 Å². The highest BCUT2D eigenvalue weighted by molar-refractivity contribution is 5.20. The molecular formula is C11H19NO. The van der Waals surface area contributed by atoms with Gasteiger partial charge in [0.1, 0.15) is 0 Å². The molecule has 2 rings (SSSR count). The van der Waals surface area contributed by atoms with E-state index in [4.69, 9.17) is 0 Å². The number of hydrogen-bond acceptors (Lipinski definition) is 2. The second-order valence-corrected chi connectivity index (χ2v) is 4.77. The van der Waals surface area contributed by atoms with Crippen molar-refractivity contribution in [3.63, 3.8) is 0 Å². The smallest absolute Gasteiger partial charge is 0.0755 e. The number of allylic oxidation sites excluding steroid dienone is 1. The fraction of sp³-hybridized carbons (Fsp3) is 0.818. The van der Waals surface area contributed by atoms with Crippen LogP contribution in [0.15, 0.2) is 11.6 Å². The van der Waals surface area contributed by atoms with Crippen molar-refractivity contribution in [1.29, 1.82) is 0 Å². The van der Waals surface area contributed by atoms with Crippen LogP contribution in [0.3, 0.4) is 0 Å². The minimum absolute atomic E-state index is 0.164. The highest BCUT2D eigenvalue weighted by Gasteiger charge is 2.38. The van der Waals surface area contributed by atoms with Crippen LogP contribution in [0.4, 0.5) is 0 Å². The standard InChI is InChI=1S/C11H19NO/c1-9-7-11(8-10(9)13)3-5-12(2)6-4-11/h7,10,13H,3-6,8H2,1-2H3. The fourth-order valence-electron chi connectivity index (χ4n) is 2.60. The first-order chi connectivity index (χ1) is 6.11. The summed E-state index contributed by atoms with van der Waals surface area (Å²) in [5.41, 5.74) is 1.53. The zero-order valence-electron chi connectivity index (χ0n) is 8.58. The quantitative estimate of drug-likeness (QED) is 0.571. The second kappa shape index (κ2) is 3.10. The van der Waals surface area contributed by atoms with Crippen LogP contribution in [0.25, 0.3) is 0 Å². The SMILES string of the molecule is CC1=CC2(CCN(C)CC2)CC1O. The average Bonchev–Trinajstić information content (AvgIpc) is 2.36. The summed E-state index contributed by atoms with van der Waals surface area (Å²) in [5, 5.41) is 9.70. The van der Waals surface area contributed by atoms with Crippen molar-refractivity contribution >= 4 is 0 Å². The van der Waals surface area contributed by atoms with E-state index in [1.54, 1.807) is 0 Å². The van der Waals surface area contributed by atoms with Crippen molar-refractivity contribution in [1.82, 2.24) is 4.90 Å². The summed E-state index contributed by atoms with van der Waals surface area (Å²) in [6.45, 7) is 4.41. The van der Waals surface area contributed by atoms with Gasteiger partial charge >= 0.3 is 0 Å². The molecule has 0 saturated carbocycles. The number of piperidine rings is 1. The molecule has 0 aromatic heterocycles. The molecule has 2 nitrogen and oxygen atoms in total. The van der Waals surface area contributed by atoms with Gasteiger partial charge in [-0.25, -0.2) is 0 Å². The minimum Gasteiger partial charge on any atom is -0.389 e. The Morgan fingerprint density at radius 2 is 2.08 bits per heavy atom. The number of aliphatic hydroxyl groups is 1. The van der Waals surface area contributed by atoms with Crippen LogP contribution in [0.1, 0.15) is 26.2 Å². The molecule has 1 saturated heterocycles. The molecule has 1 spiro atoms. The highest BCUT2D eigenvalue weighted by atomic mass is 16.3. The van der Waals surface area contributed by atoms with Crippen molar-refractivity contribution in [3.8, 4) is 0 Å². The molecule has 1 atom stereocenters. The molecule has 74 valence electrons. The topological polar surface area (TPSA) is 23.5 Å². The van der Waals surface area contributed by atoms with Gasteiger partial charge in [-0.05, 0) is 57.3 Å². The monoisotopic (exact) mass is 181 g/mol. The molecule has 0 radical (unpaired) electrons. The van der Waals surface area contributed by atoms with Gasteiger partial charge in [-0.1, -0.05) is 6.08 Å². The van der Waals surface area contributed by atoms with Crippen LogP contribution in [0.5, 0.6) is 0 Å². The molecule has 1 fully saturated rings. The Bertz CT molecular complexity index is 226. The first-order valence-corrected chi connectivity index (χ1v) is 5.17. The maximum Gasteiger partial charge on any atom is 0.0755 e. The lowest BCUT2D eigenvalue weighted by Crippen LogP contribution is -2.36. The van der Waals surface area contributed by atoms with E-state index < -0.39 is 0 Å². The predicted octanol–water partition coefficient (Wildman–Crippen LogP) is 1.41. The van der Waals surface area contributed by atoms with E-state index in [0.717, 1.165) is 6.42 Å². The van der Waals surface area contributed by atoms with Gasteiger partial charge < -0.3 is 10.0 Å². The number of nitrogens with zero attached hydrogens (tertiary/aromatic N) is 1. The number of hydrogen-bond donors (Lipinski definition) is 1. The van der Waals surface area contributed by atoms with Crippen LogP contribution in [0.2, 0.25) is 0 Å². The third kappa shape index (κ3) is 1.65. The molecule has 1 heterocycles. The van der Waals surface area contributed by atoms with Crippen molar-refractivity contribution in [2.45, 2.75) is 32.3 Å². The van der Waals surface area contributed by atoms with Crippen LogP contribution in [-0.4, -0.2) is 36.2 Å². The molecule has 0 aromatic rings. The van der Waals surface area contributed by atoms with Gasteiger partial charge in [0, 0.05) is 0 Å². The Morgan fingerprint density at radius 3 is 2.54 bits per heavy atom. The van der Waals surface area contributed by atoms with Gasteiger partial charge in [-0.15, -0.1) is 0 Å². The lowest BCUT2D eigenvalue weighted by atomic mass is 9.78. The molecule has 2 aliphatic rings. The molecule has 1 aliphatic carbocycles. The molecule has 1 N–H and O–H groups in total. The third-order valence-corrected chi connectivity index (χ3v) is 3.64. The van der Waals surface area contributed by atoms with Gasteiger partial charge in [0.2, 0.25) is 0 Å². The summed E-state index contributed by atoms with van der Waals surface area (Å²) in [7, 11) is 2.18. The summed E-state index contributed by atoms with van der Waals surface area (Å²) in [5.74, 6) is 0. The molecule has 0 bridgehead atoms. The van der Waals surface area contributed by atoms with Gasteiger partial charge in [0.05, 0.1) is 6.10 Å². The van der Waals surface area contributed by atoms with Crippen molar-refractivity contribution < 1.29 is 5.11 Å². The number of aliphatic hydroxyl groups excluding tert-OH is 1. The summed E-state index contributed by atoms with van der Waals surface area (Å²) in [6.07, 6.45) is 5.57. The van der Waals surface area contributed by atoms with Gasteiger partial charge in [-0.3, -0.25) is 0 Å². The van der Waals surface area contributed by atoms with E-state index in [9.17, 15) is 5.11 Å². The Hall–Kier alpha value is -0.340. The third-order valence-electron chi connectivity index (χ3n) is 3.64. The number of rotatable bonds is 0. The minimum atomic E-state index is -0.164. The Morgan fingerprint density at radius 1 is 1.46 bits per heavy atom. The molecular weight excluding hydrogens is 162 g/mol. The van der Waals surface area contributed by atoms with E-state index >= 15 is 0 Å². The zero-order chi connectivity index (χ0) is 9.47.